The summed E-state index contributed by atoms with van der Waals surface area (Å²) >= 11 is 0. The Hall–Kier alpha value is -4.26. The first-order valence-electron chi connectivity index (χ1n) is 12.7. The van der Waals surface area contributed by atoms with Crippen molar-refractivity contribution in [3.05, 3.63) is 90.0 Å². The highest BCUT2D eigenvalue weighted by molar-refractivity contribution is 6.03. The molecule has 0 aliphatic heterocycles. The van der Waals surface area contributed by atoms with Crippen LogP contribution < -0.4 is 26.4 Å². The third-order valence-electron chi connectivity index (χ3n) is 6.53. The highest BCUT2D eigenvalue weighted by Gasteiger charge is 2.24. The molecule has 7 nitrogen and oxygen atoms in total. The van der Waals surface area contributed by atoms with E-state index in [1.807, 2.05) is 60.7 Å². The van der Waals surface area contributed by atoms with Gasteiger partial charge in [0.05, 0.1) is 18.5 Å². The molecule has 0 spiro atoms. The summed E-state index contributed by atoms with van der Waals surface area (Å²) in [5.41, 5.74) is 9.48. The van der Waals surface area contributed by atoms with E-state index in [4.69, 9.17) is 10.5 Å². The fraction of sp³-hybridized carbons (Fsp3) is 0.267. The zero-order valence-corrected chi connectivity index (χ0v) is 21.1. The van der Waals surface area contributed by atoms with Crippen molar-refractivity contribution < 1.29 is 14.3 Å². The lowest BCUT2D eigenvalue weighted by Gasteiger charge is -2.27. The molecule has 1 atom stereocenters. The van der Waals surface area contributed by atoms with Crippen LogP contribution in [0, 0.1) is 0 Å². The summed E-state index contributed by atoms with van der Waals surface area (Å²) < 4.78 is 5.25. The van der Waals surface area contributed by atoms with E-state index < -0.39 is 6.04 Å². The molecule has 0 aromatic heterocycles. The number of benzene rings is 3. The smallest absolute Gasteiger partial charge is 0.248 e. The molecular formula is C30H34N4O3. The lowest BCUT2D eigenvalue weighted by molar-refractivity contribution is -0.122. The quantitative estimate of drug-likeness (QED) is 0.229. The molecular weight excluding hydrogens is 464 g/mol. The maximum Gasteiger partial charge on any atom is 0.248 e. The molecule has 1 fully saturated rings. The van der Waals surface area contributed by atoms with Gasteiger partial charge in [0.1, 0.15) is 11.8 Å². The largest absolute Gasteiger partial charge is 0.497 e. The fourth-order valence-corrected chi connectivity index (χ4v) is 4.44. The third kappa shape index (κ3) is 7.36. The van der Waals surface area contributed by atoms with Crippen molar-refractivity contribution in [3.8, 4) is 5.75 Å². The first kappa shape index (κ1) is 25.8. The zero-order chi connectivity index (χ0) is 26.0. The molecule has 0 saturated heterocycles. The summed E-state index contributed by atoms with van der Waals surface area (Å²) in [5.74, 6) is 0.433. The molecule has 1 aliphatic carbocycles. The number of rotatable bonds is 9. The number of nitrogens with one attached hydrogen (secondary N) is 3. The Morgan fingerprint density at radius 1 is 0.946 bits per heavy atom. The summed E-state index contributed by atoms with van der Waals surface area (Å²) in [4.78, 5) is 25.7. The van der Waals surface area contributed by atoms with E-state index in [-0.39, 0.29) is 17.9 Å². The summed E-state index contributed by atoms with van der Waals surface area (Å²) in [5, 5.41) is 9.39. The van der Waals surface area contributed by atoms with Crippen LogP contribution in [0.15, 0.2) is 78.9 Å². The van der Waals surface area contributed by atoms with Gasteiger partial charge in [0, 0.05) is 17.8 Å². The Kier molecular flexibility index (Phi) is 8.81. The van der Waals surface area contributed by atoms with Gasteiger partial charge in [-0.25, -0.2) is 0 Å². The van der Waals surface area contributed by atoms with E-state index in [0.29, 0.717) is 11.4 Å². The van der Waals surface area contributed by atoms with Crippen molar-refractivity contribution in [1.82, 2.24) is 5.32 Å². The molecule has 5 N–H and O–H groups in total. The fourth-order valence-electron chi connectivity index (χ4n) is 4.44. The van der Waals surface area contributed by atoms with Gasteiger partial charge in [-0.3, -0.25) is 9.59 Å². The number of methoxy groups -OCH3 is 1. The van der Waals surface area contributed by atoms with E-state index in [2.05, 4.69) is 16.0 Å². The topological polar surface area (TPSA) is 105 Å². The van der Waals surface area contributed by atoms with Crippen LogP contribution in [-0.2, 0) is 9.59 Å². The first-order chi connectivity index (χ1) is 18.0. The van der Waals surface area contributed by atoms with Crippen molar-refractivity contribution in [2.45, 2.75) is 44.2 Å². The normalized spacial score (nSPS) is 14.6. The van der Waals surface area contributed by atoms with E-state index in [1.165, 1.54) is 12.5 Å². The molecule has 0 heterocycles. The number of nitrogens with two attached hydrogens (primary N) is 1. The number of hydrogen-bond acceptors (Lipinski definition) is 5. The zero-order valence-electron chi connectivity index (χ0n) is 21.1. The molecule has 1 unspecified atom stereocenters. The van der Waals surface area contributed by atoms with Crippen LogP contribution in [0.4, 0.5) is 17.1 Å². The van der Waals surface area contributed by atoms with Crippen molar-refractivity contribution in [2.24, 2.45) is 0 Å². The highest BCUT2D eigenvalue weighted by atomic mass is 16.5. The van der Waals surface area contributed by atoms with Gasteiger partial charge in [0.25, 0.3) is 0 Å². The number of carbonyl (C=O) groups excluding carboxylic acids is 2. The van der Waals surface area contributed by atoms with Crippen LogP contribution in [0.2, 0.25) is 0 Å². The number of hydrogen-bond donors (Lipinski definition) is 4. The van der Waals surface area contributed by atoms with E-state index in [1.54, 1.807) is 25.3 Å². The summed E-state index contributed by atoms with van der Waals surface area (Å²) in [6.07, 6.45) is 8.74. The van der Waals surface area contributed by atoms with Gasteiger partial charge in [-0.1, -0.05) is 55.7 Å². The maximum atomic E-state index is 13.4. The molecule has 1 aliphatic rings. The lowest BCUT2D eigenvalue weighted by Crippen LogP contribution is -2.41. The molecule has 3 aromatic rings. The Labute approximate surface area is 218 Å². The molecule has 192 valence electrons. The molecule has 3 aromatic carbocycles. The molecule has 0 bridgehead atoms. The molecule has 4 rings (SSSR count). The van der Waals surface area contributed by atoms with Gasteiger partial charge in [-0.15, -0.1) is 0 Å². The minimum Gasteiger partial charge on any atom is -0.497 e. The minimum atomic E-state index is -0.558. The molecule has 0 radical (unpaired) electrons. The number of ether oxygens (including phenoxy) is 1. The van der Waals surface area contributed by atoms with Gasteiger partial charge in [-0.05, 0) is 66.4 Å². The Bertz CT molecular complexity index is 1220. The SMILES string of the molecule is COc1ccc(NC(C(=O)NC2CCCCC2)c2ccc(C=CC(=O)Nc3ccccc3N)cc2)cc1. The van der Waals surface area contributed by atoms with E-state index in [0.717, 1.165) is 48.2 Å². The average molecular weight is 499 g/mol. The van der Waals surface area contributed by atoms with Crippen molar-refractivity contribution in [2.75, 3.05) is 23.5 Å². The van der Waals surface area contributed by atoms with Crippen molar-refractivity contribution in [3.63, 3.8) is 0 Å². The van der Waals surface area contributed by atoms with Gasteiger partial charge in [0.2, 0.25) is 11.8 Å². The molecule has 37 heavy (non-hydrogen) atoms. The number of para-hydroxylation sites is 2. The minimum absolute atomic E-state index is 0.0502. The van der Waals surface area contributed by atoms with Crippen molar-refractivity contribution in [1.29, 1.82) is 0 Å². The molecule has 1 saturated carbocycles. The third-order valence-corrected chi connectivity index (χ3v) is 6.53. The summed E-state index contributed by atoms with van der Waals surface area (Å²) in [6, 6.07) is 21.9. The van der Waals surface area contributed by atoms with Gasteiger partial charge < -0.3 is 26.4 Å². The predicted octanol–water partition coefficient (Wildman–Crippen LogP) is 5.53. The first-order valence-corrected chi connectivity index (χ1v) is 12.7. The van der Waals surface area contributed by atoms with Crippen LogP contribution >= 0.6 is 0 Å². The maximum absolute atomic E-state index is 13.4. The number of amides is 2. The Balaban J connectivity index is 1.46. The summed E-state index contributed by atoms with van der Waals surface area (Å²) in [6.45, 7) is 0. The predicted molar refractivity (Wildman–Crippen MR) is 149 cm³/mol. The number of anilines is 3. The molecule has 2 amide bonds. The number of carbonyl (C=O) groups is 2. The van der Waals surface area contributed by atoms with Gasteiger partial charge in [-0.2, -0.15) is 0 Å². The Morgan fingerprint density at radius 3 is 2.32 bits per heavy atom. The second kappa shape index (κ2) is 12.6. The second-order valence-electron chi connectivity index (χ2n) is 9.23. The van der Waals surface area contributed by atoms with Crippen LogP contribution in [0.1, 0.15) is 49.3 Å². The van der Waals surface area contributed by atoms with Gasteiger partial charge in [0.15, 0.2) is 0 Å². The molecule has 7 heteroatoms. The van der Waals surface area contributed by atoms with Crippen molar-refractivity contribution >= 4 is 35.0 Å². The highest BCUT2D eigenvalue weighted by Crippen LogP contribution is 2.25. The van der Waals surface area contributed by atoms with Crippen LogP contribution in [0.5, 0.6) is 5.75 Å². The second-order valence-corrected chi connectivity index (χ2v) is 9.23. The summed E-state index contributed by atoms with van der Waals surface area (Å²) in [7, 11) is 1.62. The Morgan fingerprint density at radius 2 is 1.65 bits per heavy atom. The lowest BCUT2D eigenvalue weighted by atomic mass is 9.94. The standard InChI is InChI=1S/C30H34N4O3/c1-37-25-18-16-24(17-19-25)32-29(30(36)33-23-7-3-2-4-8-23)22-14-11-21(12-15-22)13-20-28(35)34-27-10-6-5-9-26(27)31/h5-6,9-20,23,29,32H,2-4,7-8,31H2,1H3,(H,33,36)(H,34,35). The number of nitrogen functional groups attached to an aromatic ring is 1. The van der Waals surface area contributed by atoms with E-state index in [9.17, 15) is 9.59 Å². The van der Waals surface area contributed by atoms with Crippen LogP contribution in [0.3, 0.4) is 0 Å². The van der Waals surface area contributed by atoms with E-state index >= 15 is 0 Å². The monoisotopic (exact) mass is 498 g/mol. The van der Waals surface area contributed by atoms with Crippen LogP contribution in [0.25, 0.3) is 6.08 Å². The average Bonchev–Trinajstić information content (AvgIpc) is 2.93. The van der Waals surface area contributed by atoms with Gasteiger partial charge >= 0.3 is 0 Å². The van der Waals surface area contributed by atoms with Crippen LogP contribution in [-0.4, -0.2) is 25.0 Å².